The highest BCUT2D eigenvalue weighted by molar-refractivity contribution is 5.92. The lowest BCUT2D eigenvalue weighted by Gasteiger charge is -2.28. The molecule has 0 aromatic heterocycles. The second-order valence-corrected chi connectivity index (χ2v) is 5.12. The van der Waals surface area contributed by atoms with E-state index in [-0.39, 0.29) is 5.91 Å². The van der Waals surface area contributed by atoms with E-state index in [1.807, 2.05) is 6.07 Å². The van der Waals surface area contributed by atoms with E-state index < -0.39 is 12.1 Å². The standard InChI is InChI=1S/C16H21NO5/c1-12(15(18)17-6-8-21-9-7-17)22-16(19)14-5-3-4-13(10-14)11-20-2/h3-5,10,12H,6-9,11H2,1-2H3. The van der Waals surface area contributed by atoms with Crippen LogP contribution in [0.5, 0.6) is 0 Å². The molecule has 1 heterocycles. The van der Waals surface area contributed by atoms with E-state index in [4.69, 9.17) is 14.2 Å². The Kier molecular flexibility index (Phi) is 5.91. The highest BCUT2D eigenvalue weighted by Crippen LogP contribution is 2.11. The molecule has 1 aromatic rings. The third-order valence-corrected chi connectivity index (χ3v) is 3.43. The molecule has 1 fully saturated rings. The lowest BCUT2D eigenvalue weighted by Crippen LogP contribution is -2.46. The van der Waals surface area contributed by atoms with Gasteiger partial charge in [-0.05, 0) is 24.6 Å². The van der Waals surface area contributed by atoms with E-state index in [0.29, 0.717) is 38.5 Å². The predicted molar refractivity (Wildman–Crippen MR) is 79.4 cm³/mol. The maximum atomic E-state index is 12.2. The number of carbonyl (C=O) groups is 2. The number of hydrogen-bond acceptors (Lipinski definition) is 5. The number of carbonyl (C=O) groups excluding carboxylic acids is 2. The van der Waals surface area contributed by atoms with Crippen molar-refractivity contribution in [2.75, 3.05) is 33.4 Å². The summed E-state index contributed by atoms with van der Waals surface area (Å²) < 4.78 is 15.5. The van der Waals surface area contributed by atoms with E-state index in [1.165, 1.54) is 0 Å². The maximum absolute atomic E-state index is 12.2. The summed E-state index contributed by atoms with van der Waals surface area (Å²) in [5.74, 6) is -0.697. The summed E-state index contributed by atoms with van der Waals surface area (Å²) in [5, 5.41) is 0. The molecule has 1 aliphatic rings. The molecule has 0 spiro atoms. The van der Waals surface area contributed by atoms with Gasteiger partial charge >= 0.3 is 5.97 Å². The Hall–Kier alpha value is -1.92. The summed E-state index contributed by atoms with van der Waals surface area (Å²) in [6.45, 7) is 4.11. The zero-order valence-electron chi connectivity index (χ0n) is 12.9. The van der Waals surface area contributed by atoms with Crippen LogP contribution in [0, 0.1) is 0 Å². The fourth-order valence-electron chi connectivity index (χ4n) is 2.27. The second kappa shape index (κ2) is 7.91. The van der Waals surface area contributed by atoms with Gasteiger partial charge in [-0.15, -0.1) is 0 Å². The SMILES string of the molecule is COCc1cccc(C(=O)OC(C)C(=O)N2CCOCC2)c1. The van der Waals surface area contributed by atoms with Gasteiger partial charge in [0.25, 0.3) is 5.91 Å². The van der Waals surface area contributed by atoms with Gasteiger partial charge in [0.05, 0.1) is 25.4 Å². The molecule has 1 unspecified atom stereocenters. The number of esters is 1. The summed E-state index contributed by atoms with van der Waals surface area (Å²) in [6, 6.07) is 6.99. The number of hydrogen-bond donors (Lipinski definition) is 0. The van der Waals surface area contributed by atoms with E-state index in [0.717, 1.165) is 5.56 Å². The van der Waals surface area contributed by atoms with Crippen molar-refractivity contribution in [3.8, 4) is 0 Å². The molecule has 1 aliphatic heterocycles. The first-order valence-electron chi connectivity index (χ1n) is 7.27. The molecule has 1 amide bonds. The smallest absolute Gasteiger partial charge is 0.338 e. The molecule has 1 aromatic carbocycles. The summed E-state index contributed by atoms with van der Waals surface area (Å²) in [4.78, 5) is 26.0. The van der Waals surface area contributed by atoms with Gasteiger partial charge in [-0.1, -0.05) is 12.1 Å². The van der Waals surface area contributed by atoms with Crippen LogP contribution >= 0.6 is 0 Å². The number of nitrogens with zero attached hydrogens (tertiary/aromatic N) is 1. The fourth-order valence-corrected chi connectivity index (χ4v) is 2.27. The first kappa shape index (κ1) is 16.5. The van der Waals surface area contributed by atoms with E-state index in [9.17, 15) is 9.59 Å². The van der Waals surface area contributed by atoms with Crippen LogP contribution in [0.4, 0.5) is 0 Å². The average molecular weight is 307 g/mol. The second-order valence-electron chi connectivity index (χ2n) is 5.12. The number of rotatable bonds is 5. The predicted octanol–water partition coefficient (Wildman–Crippen LogP) is 1.24. The monoisotopic (exact) mass is 307 g/mol. The third-order valence-electron chi connectivity index (χ3n) is 3.43. The fraction of sp³-hybridized carbons (Fsp3) is 0.500. The number of morpholine rings is 1. The zero-order valence-corrected chi connectivity index (χ0v) is 12.9. The van der Waals surface area contributed by atoms with Crippen LogP contribution in [0.2, 0.25) is 0 Å². The van der Waals surface area contributed by atoms with Crippen LogP contribution in [0.25, 0.3) is 0 Å². The van der Waals surface area contributed by atoms with Crippen molar-refractivity contribution < 1.29 is 23.8 Å². The molecular formula is C16H21NO5. The molecule has 1 saturated heterocycles. The topological polar surface area (TPSA) is 65.1 Å². The van der Waals surface area contributed by atoms with Crippen LogP contribution in [-0.2, 0) is 25.6 Å². The Morgan fingerprint density at radius 3 is 2.73 bits per heavy atom. The minimum atomic E-state index is -0.809. The van der Waals surface area contributed by atoms with Crippen molar-refractivity contribution in [1.82, 2.24) is 4.90 Å². The molecule has 6 heteroatoms. The molecule has 120 valence electrons. The van der Waals surface area contributed by atoms with Crippen molar-refractivity contribution >= 4 is 11.9 Å². The average Bonchev–Trinajstić information content (AvgIpc) is 2.55. The van der Waals surface area contributed by atoms with Crippen LogP contribution in [-0.4, -0.2) is 56.3 Å². The van der Waals surface area contributed by atoms with E-state index >= 15 is 0 Å². The minimum Gasteiger partial charge on any atom is -0.449 e. The number of amides is 1. The van der Waals surface area contributed by atoms with Gasteiger partial charge in [-0.25, -0.2) is 4.79 Å². The Morgan fingerprint density at radius 1 is 1.32 bits per heavy atom. The lowest BCUT2D eigenvalue weighted by atomic mass is 10.1. The van der Waals surface area contributed by atoms with Gasteiger partial charge in [0.1, 0.15) is 0 Å². The normalized spacial score (nSPS) is 16.2. The van der Waals surface area contributed by atoms with Crippen LogP contribution in [0.1, 0.15) is 22.8 Å². The van der Waals surface area contributed by atoms with Gasteiger partial charge in [0.2, 0.25) is 0 Å². The molecule has 22 heavy (non-hydrogen) atoms. The van der Waals surface area contributed by atoms with Gasteiger partial charge in [-0.3, -0.25) is 4.79 Å². The first-order valence-corrected chi connectivity index (χ1v) is 7.27. The molecule has 0 aliphatic carbocycles. The van der Waals surface area contributed by atoms with Crippen LogP contribution in [0.3, 0.4) is 0 Å². The van der Waals surface area contributed by atoms with E-state index in [1.54, 1.807) is 37.1 Å². The van der Waals surface area contributed by atoms with Crippen molar-refractivity contribution in [1.29, 1.82) is 0 Å². The van der Waals surface area contributed by atoms with Crippen molar-refractivity contribution in [2.45, 2.75) is 19.6 Å². The maximum Gasteiger partial charge on any atom is 0.338 e. The molecule has 0 N–H and O–H groups in total. The molecule has 0 saturated carbocycles. The van der Waals surface area contributed by atoms with Gasteiger partial charge in [0, 0.05) is 20.2 Å². The Labute approximate surface area is 129 Å². The Morgan fingerprint density at radius 2 is 2.05 bits per heavy atom. The Bertz CT molecular complexity index is 525. The van der Waals surface area contributed by atoms with Crippen molar-refractivity contribution in [3.05, 3.63) is 35.4 Å². The van der Waals surface area contributed by atoms with Gasteiger partial charge < -0.3 is 19.1 Å². The molecule has 6 nitrogen and oxygen atoms in total. The highest BCUT2D eigenvalue weighted by Gasteiger charge is 2.25. The summed E-state index contributed by atoms with van der Waals surface area (Å²) in [6.07, 6.45) is -0.809. The molecule has 1 atom stereocenters. The largest absolute Gasteiger partial charge is 0.449 e. The van der Waals surface area contributed by atoms with Gasteiger partial charge in [0.15, 0.2) is 6.10 Å². The lowest BCUT2D eigenvalue weighted by molar-refractivity contribution is -0.143. The highest BCUT2D eigenvalue weighted by atomic mass is 16.5. The van der Waals surface area contributed by atoms with Crippen LogP contribution < -0.4 is 0 Å². The quantitative estimate of drug-likeness (QED) is 0.766. The molecular weight excluding hydrogens is 286 g/mol. The summed E-state index contributed by atoms with van der Waals surface area (Å²) in [5.41, 5.74) is 1.29. The molecule has 0 bridgehead atoms. The third kappa shape index (κ3) is 4.29. The first-order chi connectivity index (χ1) is 10.6. The van der Waals surface area contributed by atoms with Gasteiger partial charge in [-0.2, -0.15) is 0 Å². The minimum absolute atomic E-state index is 0.190. The zero-order chi connectivity index (χ0) is 15.9. The molecule has 2 rings (SSSR count). The number of benzene rings is 1. The summed E-state index contributed by atoms with van der Waals surface area (Å²) in [7, 11) is 1.59. The summed E-state index contributed by atoms with van der Waals surface area (Å²) >= 11 is 0. The van der Waals surface area contributed by atoms with Crippen molar-refractivity contribution in [3.63, 3.8) is 0 Å². The number of ether oxygens (including phenoxy) is 3. The van der Waals surface area contributed by atoms with Crippen molar-refractivity contribution in [2.24, 2.45) is 0 Å². The molecule has 0 radical (unpaired) electrons. The number of methoxy groups -OCH3 is 1. The Balaban J connectivity index is 1.95. The van der Waals surface area contributed by atoms with E-state index in [2.05, 4.69) is 0 Å². The van der Waals surface area contributed by atoms with Crippen LogP contribution in [0.15, 0.2) is 24.3 Å².